The third-order valence-corrected chi connectivity index (χ3v) is 4.39. The molecule has 0 heterocycles. The van der Waals surface area contributed by atoms with Gasteiger partial charge in [-0.1, -0.05) is 41.5 Å². The Morgan fingerprint density at radius 3 is 2.12 bits per heavy atom. The highest BCUT2D eigenvalue weighted by molar-refractivity contribution is 5.05. The predicted octanol–water partition coefficient (Wildman–Crippen LogP) is 3.12. The fourth-order valence-corrected chi connectivity index (χ4v) is 3.90. The normalized spacial score (nSPS) is 33.4. The highest BCUT2D eigenvalue weighted by atomic mass is 15.2. The van der Waals surface area contributed by atoms with E-state index in [9.17, 15) is 0 Å². The van der Waals surface area contributed by atoms with Crippen LogP contribution >= 0.6 is 0 Å². The van der Waals surface area contributed by atoms with Crippen molar-refractivity contribution in [3.05, 3.63) is 0 Å². The molecule has 1 aliphatic rings. The van der Waals surface area contributed by atoms with Crippen molar-refractivity contribution in [1.29, 1.82) is 0 Å². The molecular weight excluding hydrogens is 208 g/mol. The van der Waals surface area contributed by atoms with Gasteiger partial charge in [0.05, 0.1) is 0 Å². The smallest absolute Gasteiger partial charge is 0.0359 e. The maximum atomic E-state index is 6.16. The molecule has 2 nitrogen and oxygen atoms in total. The number of hydrogen-bond acceptors (Lipinski definition) is 2. The molecule has 2 N–H and O–H groups in total. The van der Waals surface area contributed by atoms with Crippen LogP contribution in [0.3, 0.4) is 0 Å². The van der Waals surface area contributed by atoms with Crippen molar-refractivity contribution >= 4 is 0 Å². The first-order chi connectivity index (χ1) is 7.52. The van der Waals surface area contributed by atoms with Crippen LogP contribution in [-0.4, -0.2) is 30.6 Å². The third-order valence-electron chi connectivity index (χ3n) is 4.39. The van der Waals surface area contributed by atoms with Crippen LogP contribution in [-0.2, 0) is 0 Å². The van der Waals surface area contributed by atoms with Crippen LogP contribution in [0.1, 0.15) is 54.4 Å². The van der Waals surface area contributed by atoms with Crippen molar-refractivity contribution in [3.63, 3.8) is 0 Å². The molecular formula is C15H32N2. The van der Waals surface area contributed by atoms with Crippen molar-refractivity contribution in [2.75, 3.05) is 20.1 Å². The van der Waals surface area contributed by atoms with E-state index in [4.69, 9.17) is 5.73 Å². The highest BCUT2D eigenvalue weighted by Gasteiger charge is 2.50. The first-order valence-electron chi connectivity index (χ1n) is 6.94. The zero-order valence-corrected chi connectivity index (χ0v) is 12.9. The van der Waals surface area contributed by atoms with Gasteiger partial charge in [-0.05, 0) is 36.6 Å². The topological polar surface area (TPSA) is 29.3 Å². The average Bonchev–Trinajstić information content (AvgIpc) is 2.33. The number of hydrogen-bond donors (Lipinski definition) is 1. The second kappa shape index (κ2) is 4.55. The molecule has 0 aromatic carbocycles. The van der Waals surface area contributed by atoms with Gasteiger partial charge in [0.2, 0.25) is 0 Å². The molecule has 1 aliphatic carbocycles. The maximum Gasteiger partial charge on any atom is 0.0359 e. The molecule has 2 atom stereocenters. The van der Waals surface area contributed by atoms with Gasteiger partial charge in [-0.2, -0.15) is 0 Å². The maximum absolute atomic E-state index is 6.16. The van der Waals surface area contributed by atoms with Crippen molar-refractivity contribution < 1.29 is 0 Å². The summed E-state index contributed by atoms with van der Waals surface area (Å²) in [5.41, 5.74) is 7.14. The van der Waals surface area contributed by atoms with Gasteiger partial charge >= 0.3 is 0 Å². The molecule has 0 radical (unpaired) electrons. The van der Waals surface area contributed by atoms with Crippen molar-refractivity contribution in [1.82, 2.24) is 4.90 Å². The van der Waals surface area contributed by atoms with E-state index in [0.29, 0.717) is 16.7 Å². The molecule has 0 aromatic rings. The summed E-state index contributed by atoms with van der Waals surface area (Å²) >= 11 is 0. The van der Waals surface area contributed by atoms with Gasteiger partial charge in [0, 0.05) is 18.6 Å². The predicted molar refractivity (Wildman–Crippen MR) is 76.0 cm³/mol. The lowest BCUT2D eigenvalue weighted by atomic mass is 9.83. The summed E-state index contributed by atoms with van der Waals surface area (Å²) in [6, 6.07) is 0. The number of likely N-dealkylation sites (N-methyl/N-ethyl adjacent to an activating group) is 1. The van der Waals surface area contributed by atoms with Crippen molar-refractivity contribution in [2.45, 2.75) is 59.9 Å². The first kappa shape index (κ1) is 15.0. The Kier molecular flexibility index (Phi) is 4.01. The summed E-state index contributed by atoms with van der Waals surface area (Å²) in [5, 5.41) is 0. The molecule has 0 saturated heterocycles. The Labute approximate surface area is 108 Å². The molecule has 1 rings (SSSR count). The molecule has 0 aliphatic heterocycles. The van der Waals surface area contributed by atoms with E-state index in [0.717, 1.165) is 13.1 Å². The molecule has 1 saturated carbocycles. The zero-order chi connectivity index (χ0) is 13.5. The minimum atomic E-state index is 0.205. The Morgan fingerprint density at radius 2 is 1.82 bits per heavy atom. The molecule has 17 heavy (non-hydrogen) atoms. The average molecular weight is 240 g/mol. The SMILES string of the molecule is CC1CC(C)(C)CC1(CN)N(C)CC(C)(C)C. The van der Waals surface area contributed by atoms with Crippen molar-refractivity contribution in [2.24, 2.45) is 22.5 Å². The van der Waals surface area contributed by atoms with Gasteiger partial charge in [0.15, 0.2) is 0 Å². The largest absolute Gasteiger partial charge is 0.329 e. The van der Waals surface area contributed by atoms with E-state index in [2.05, 4.69) is 53.5 Å². The number of nitrogens with zero attached hydrogens (tertiary/aromatic N) is 1. The number of nitrogens with two attached hydrogens (primary N) is 1. The van der Waals surface area contributed by atoms with Crippen LogP contribution in [0.2, 0.25) is 0 Å². The Balaban J connectivity index is 2.89. The Hall–Kier alpha value is -0.0800. The van der Waals surface area contributed by atoms with Gasteiger partial charge in [-0.3, -0.25) is 4.90 Å². The summed E-state index contributed by atoms with van der Waals surface area (Å²) in [7, 11) is 2.26. The fourth-order valence-electron chi connectivity index (χ4n) is 3.90. The van der Waals surface area contributed by atoms with Crippen LogP contribution in [0.15, 0.2) is 0 Å². The molecule has 0 amide bonds. The van der Waals surface area contributed by atoms with Crippen LogP contribution < -0.4 is 5.73 Å². The molecule has 0 aromatic heterocycles. The Bertz CT molecular complexity index is 265. The third kappa shape index (κ3) is 3.23. The fraction of sp³-hybridized carbons (Fsp3) is 1.00. The highest BCUT2D eigenvalue weighted by Crippen LogP contribution is 2.49. The van der Waals surface area contributed by atoms with Gasteiger partial charge in [0.25, 0.3) is 0 Å². The monoisotopic (exact) mass is 240 g/mol. The van der Waals surface area contributed by atoms with E-state index in [1.165, 1.54) is 12.8 Å². The molecule has 2 unspecified atom stereocenters. The molecule has 0 bridgehead atoms. The second-order valence-corrected chi connectivity index (χ2v) is 8.17. The van der Waals surface area contributed by atoms with Crippen LogP contribution in [0.25, 0.3) is 0 Å². The number of rotatable bonds is 3. The quantitative estimate of drug-likeness (QED) is 0.821. The van der Waals surface area contributed by atoms with E-state index in [1.54, 1.807) is 0 Å². The van der Waals surface area contributed by atoms with E-state index in [1.807, 2.05) is 0 Å². The van der Waals surface area contributed by atoms with Gasteiger partial charge in [0.1, 0.15) is 0 Å². The minimum Gasteiger partial charge on any atom is -0.329 e. The second-order valence-electron chi connectivity index (χ2n) is 8.17. The Morgan fingerprint density at radius 1 is 1.29 bits per heavy atom. The lowest BCUT2D eigenvalue weighted by Gasteiger charge is -2.45. The van der Waals surface area contributed by atoms with Crippen LogP contribution in [0, 0.1) is 16.7 Å². The molecule has 2 heteroatoms. The van der Waals surface area contributed by atoms with Crippen LogP contribution in [0.5, 0.6) is 0 Å². The van der Waals surface area contributed by atoms with Gasteiger partial charge in [-0.25, -0.2) is 0 Å². The standard InChI is InChI=1S/C15H32N2/c1-12-8-14(5,6)9-15(12,10-16)17(7)11-13(2,3)4/h12H,8-11,16H2,1-7H3. The molecule has 0 spiro atoms. The van der Waals surface area contributed by atoms with Gasteiger partial charge in [-0.15, -0.1) is 0 Å². The lowest BCUT2D eigenvalue weighted by molar-refractivity contribution is 0.0550. The first-order valence-corrected chi connectivity index (χ1v) is 6.94. The van der Waals surface area contributed by atoms with E-state index in [-0.39, 0.29) is 5.54 Å². The summed E-state index contributed by atoms with van der Waals surface area (Å²) < 4.78 is 0. The zero-order valence-electron chi connectivity index (χ0n) is 12.9. The molecule has 1 fully saturated rings. The summed E-state index contributed by atoms with van der Waals surface area (Å²) in [4.78, 5) is 2.53. The molecule has 102 valence electrons. The summed E-state index contributed by atoms with van der Waals surface area (Å²) in [6.07, 6.45) is 2.52. The van der Waals surface area contributed by atoms with Crippen LogP contribution in [0.4, 0.5) is 0 Å². The summed E-state index contributed by atoms with van der Waals surface area (Å²) in [6.45, 7) is 15.9. The lowest BCUT2D eigenvalue weighted by Crippen LogP contribution is -2.56. The van der Waals surface area contributed by atoms with E-state index < -0.39 is 0 Å². The summed E-state index contributed by atoms with van der Waals surface area (Å²) in [5.74, 6) is 0.690. The van der Waals surface area contributed by atoms with Crippen molar-refractivity contribution in [3.8, 4) is 0 Å². The van der Waals surface area contributed by atoms with Gasteiger partial charge < -0.3 is 5.73 Å². The minimum absolute atomic E-state index is 0.205. The van der Waals surface area contributed by atoms with E-state index >= 15 is 0 Å².